The lowest BCUT2D eigenvalue weighted by Crippen LogP contribution is -2.59. The first-order chi connectivity index (χ1) is 19.8. The Labute approximate surface area is 243 Å². The monoisotopic (exact) mass is 575 g/mol. The molecule has 5 rings (SSSR count). The molecule has 0 atom stereocenters. The van der Waals surface area contributed by atoms with Crippen molar-refractivity contribution in [1.29, 1.82) is 0 Å². The maximum atomic E-state index is 14.2. The summed E-state index contributed by atoms with van der Waals surface area (Å²) in [4.78, 5) is 56.6. The predicted octanol–water partition coefficient (Wildman–Crippen LogP) is 4.87. The normalized spacial score (nSPS) is 15.4. The van der Waals surface area contributed by atoms with Gasteiger partial charge in [-0.05, 0) is 54.8 Å². The van der Waals surface area contributed by atoms with Crippen molar-refractivity contribution < 1.29 is 28.7 Å². The molecule has 1 N–H and O–H groups in total. The summed E-state index contributed by atoms with van der Waals surface area (Å²) in [6.45, 7) is -0.267. The minimum absolute atomic E-state index is 0.112. The molecule has 0 spiro atoms. The summed E-state index contributed by atoms with van der Waals surface area (Å²) in [5.41, 5.74) is 0.656. The van der Waals surface area contributed by atoms with Gasteiger partial charge in [0, 0.05) is 17.6 Å². The molecule has 0 radical (unpaired) electrons. The summed E-state index contributed by atoms with van der Waals surface area (Å²) >= 11 is 6.11. The van der Waals surface area contributed by atoms with Gasteiger partial charge in [-0.15, -0.1) is 0 Å². The Morgan fingerprint density at radius 2 is 1.68 bits per heavy atom. The highest BCUT2D eigenvalue weighted by atomic mass is 35.5. The Kier molecular flexibility index (Phi) is 7.99. The van der Waals surface area contributed by atoms with Gasteiger partial charge in [0.25, 0.3) is 11.7 Å². The molecular weight excluding hydrogens is 546 g/mol. The van der Waals surface area contributed by atoms with Crippen molar-refractivity contribution in [3.8, 4) is 11.5 Å². The zero-order valence-electron chi connectivity index (χ0n) is 22.8. The third kappa shape index (κ3) is 5.37. The van der Waals surface area contributed by atoms with Crippen molar-refractivity contribution in [2.45, 2.75) is 37.8 Å². The smallest absolute Gasteiger partial charge is 0.299 e. The summed E-state index contributed by atoms with van der Waals surface area (Å²) in [7, 11) is 3.04. The van der Waals surface area contributed by atoms with E-state index in [0.29, 0.717) is 40.7 Å². The molecule has 41 heavy (non-hydrogen) atoms. The molecule has 3 aromatic carbocycles. The SMILES string of the molecule is COc1ccc(NC(=O)C2(N(Cc3ccc(Cl)cc3)C(=O)CN3C(=O)C(=O)c4ccccc43)CCCC2)c(OC)c1. The van der Waals surface area contributed by atoms with Crippen LogP contribution in [-0.2, 0) is 20.9 Å². The topological polar surface area (TPSA) is 105 Å². The molecule has 1 heterocycles. The summed E-state index contributed by atoms with van der Waals surface area (Å²) in [6, 6.07) is 18.7. The van der Waals surface area contributed by atoms with Gasteiger partial charge in [-0.1, -0.05) is 48.7 Å². The van der Waals surface area contributed by atoms with Gasteiger partial charge in [-0.2, -0.15) is 0 Å². The molecule has 1 fully saturated rings. The molecule has 3 amide bonds. The molecule has 212 valence electrons. The van der Waals surface area contributed by atoms with Crippen LogP contribution in [0.3, 0.4) is 0 Å². The number of ether oxygens (including phenoxy) is 2. The molecule has 0 bridgehead atoms. The van der Waals surface area contributed by atoms with E-state index in [4.69, 9.17) is 21.1 Å². The second-order valence-electron chi connectivity index (χ2n) is 10.1. The highest BCUT2D eigenvalue weighted by molar-refractivity contribution is 6.52. The van der Waals surface area contributed by atoms with Gasteiger partial charge in [0.2, 0.25) is 11.8 Å². The maximum absolute atomic E-state index is 14.2. The van der Waals surface area contributed by atoms with Crippen molar-refractivity contribution in [3.05, 3.63) is 82.9 Å². The molecule has 2 aliphatic rings. The van der Waals surface area contributed by atoms with Crippen molar-refractivity contribution in [3.63, 3.8) is 0 Å². The fourth-order valence-corrected chi connectivity index (χ4v) is 5.72. The highest BCUT2D eigenvalue weighted by Crippen LogP contribution is 2.40. The fraction of sp³-hybridized carbons (Fsp3) is 0.290. The van der Waals surface area contributed by atoms with Crippen molar-refractivity contribution >= 4 is 46.5 Å². The summed E-state index contributed by atoms with van der Waals surface area (Å²) in [5.74, 6) is -1.24. The Balaban J connectivity index is 1.50. The van der Waals surface area contributed by atoms with Crippen LogP contribution < -0.4 is 19.7 Å². The fourth-order valence-electron chi connectivity index (χ4n) is 5.60. The highest BCUT2D eigenvalue weighted by Gasteiger charge is 2.49. The van der Waals surface area contributed by atoms with Crippen LogP contribution in [0.4, 0.5) is 11.4 Å². The van der Waals surface area contributed by atoms with E-state index in [1.54, 1.807) is 71.6 Å². The van der Waals surface area contributed by atoms with Crippen LogP contribution in [0.15, 0.2) is 66.7 Å². The molecule has 9 nitrogen and oxygen atoms in total. The lowest BCUT2D eigenvalue weighted by molar-refractivity contribution is -0.145. The van der Waals surface area contributed by atoms with Crippen LogP contribution in [0.1, 0.15) is 41.6 Å². The molecule has 1 aliphatic carbocycles. The molecule has 0 aromatic heterocycles. The third-order valence-corrected chi connectivity index (χ3v) is 8.01. The largest absolute Gasteiger partial charge is 0.497 e. The molecule has 10 heteroatoms. The molecule has 1 aliphatic heterocycles. The van der Waals surface area contributed by atoms with Gasteiger partial charge < -0.3 is 19.7 Å². The first-order valence-electron chi connectivity index (χ1n) is 13.3. The first kappa shape index (κ1) is 28.2. The second kappa shape index (κ2) is 11.6. The average molecular weight is 576 g/mol. The third-order valence-electron chi connectivity index (χ3n) is 7.75. The Hall–Kier alpha value is -4.37. The number of methoxy groups -OCH3 is 2. The number of Topliss-reactive ketones (excluding diaryl/α,β-unsaturated/α-hetero) is 1. The van der Waals surface area contributed by atoms with Crippen molar-refractivity contribution in [2.24, 2.45) is 0 Å². The number of nitrogens with zero attached hydrogens (tertiary/aromatic N) is 2. The van der Waals surface area contributed by atoms with Gasteiger partial charge in [0.1, 0.15) is 23.6 Å². The first-order valence-corrected chi connectivity index (χ1v) is 13.7. The summed E-state index contributed by atoms with van der Waals surface area (Å²) in [6.07, 6.45) is 2.34. The number of rotatable bonds is 9. The number of hydrogen-bond acceptors (Lipinski definition) is 6. The van der Waals surface area contributed by atoms with Crippen molar-refractivity contribution in [1.82, 2.24) is 4.90 Å². The number of anilines is 2. The van der Waals surface area contributed by atoms with Crippen LogP contribution >= 0.6 is 11.6 Å². The number of benzene rings is 3. The number of para-hydroxylation sites is 1. The van der Waals surface area contributed by atoms with E-state index < -0.39 is 23.1 Å². The lowest BCUT2D eigenvalue weighted by Gasteiger charge is -2.41. The minimum atomic E-state index is -1.20. The number of carbonyl (C=O) groups excluding carboxylic acids is 4. The van der Waals surface area contributed by atoms with E-state index in [1.807, 2.05) is 0 Å². The minimum Gasteiger partial charge on any atom is -0.497 e. The number of ketones is 1. The van der Waals surface area contributed by atoms with E-state index in [2.05, 4.69) is 5.32 Å². The van der Waals surface area contributed by atoms with Crippen molar-refractivity contribution in [2.75, 3.05) is 31.0 Å². The molecule has 1 saturated carbocycles. The number of amides is 3. The van der Waals surface area contributed by atoms with Gasteiger partial charge >= 0.3 is 0 Å². The molecule has 3 aromatic rings. The zero-order chi connectivity index (χ0) is 29.1. The number of halogens is 1. The summed E-state index contributed by atoms with van der Waals surface area (Å²) in [5, 5.41) is 3.53. The predicted molar refractivity (Wildman–Crippen MR) is 155 cm³/mol. The Morgan fingerprint density at radius 3 is 2.37 bits per heavy atom. The van der Waals surface area contributed by atoms with Crippen LogP contribution in [0.2, 0.25) is 5.02 Å². The lowest BCUT2D eigenvalue weighted by atomic mass is 9.92. The van der Waals surface area contributed by atoms with Crippen LogP contribution in [0, 0.1) is 0 Å². The molecule has 0 unspecified atom stereocenters. The van der Waals surface area contributed by atoms with Crippen LogP contribution in [0.25, 0.3) is 0 Å². The van der Waals surface area contributed by atoms with E-state index in [9.17, 15) is 19.2 Å². The maximum Gasteiger partial charge on any atom is 0.299 e. The van der Waals surface area contributed by atoms with Crippen LogP contribution in [0.5, 0.6) is 11.5 Å². The number of fused-ring (bicyclic) bond motifs is 1. The number of hydrogen-bond donors (Lipinski definition) is 1. The van der Waals surface area contributed by atoms with Gasteiger partial charge in [-0.3, -0.25) is 24.1 Å². The van der Waals surface area contributed by atoms with E-state index >= 15 is 0 Å². The van der Waals surface area contributed by atoms with E-state index in [1.165, 1.54) is 19.1 Å². The van der Waals surface area contributed by atoms with E-state index in [0.717, 1.165) is 18.4 Å². The van der Waals surface area contributed by atoms with Gasteiger partial charge in [-0.25, -0.2) is 0 Å². The van der Waals surface area contributed by atoms with Gasteiger partial charge in [0.05, 0.1) is 31.2 Å². The Morgan fingerprint density at radius 1 is 0.976 bits per heavy atom. The van der Waals surface area contributed by atoms with Crippen LogP contribution in [-0.4, -0.2) is 54.7 Å². The molecule has 0 saturated heterocycles. The number of nitrogens with one attached hydrogen (secondary N) is 1. The second-order valence-corrected chi connectivity index (χ2v) is 10.5. The quantitative estimate of drug-likeness (QED) is 0.365. The average Bonchev–Trinajstić information content (AvgIpc) is 3.58. The zero-order valence-corrected chi connectivity index (χ0v) is 23.6. The molecular formula is C31H30ClN3O6. The van der Waals surface area contributed by atoms with Gasteiger partial charge in [0.15, 0.2) is 0 Å². The number of carbonyl (C=O) groups is 4. The standard InChI is InChI=1S/C31H30ClN3O6/c1-40-22-13-14-24(26(17-22)41-2)33-30(39)31(15-5-6-16-31)35(18-20-9-11-21(32)12-10-20)27(36)19-34-25-8-4-3-7-23(25)28(37)29(34)38/h3-4,7-14,17H,5-6,15-16,18-19H2,1-2H3,(H,33,39). The summed E-state index contributed by atoms with van der Waals surface area (Å²) < 4.78 is 10.8. The Bertz CT molecular complexity index is 1500. The van der Waals surface area contributed by atoms with E-state index in [-0.39, 0.29) is 24.6 Å².